The summed E-state index contributed by atoms with van der Waals surface area (Å²) in [6, 6.07) is 0. The Kier molecular flexibility index (Phi) is 3.22. The molecule has 2 aliphatic carbocycles. The Morgan fingerprint density at radius 3 is 1.35 bits per heavy atom. The fourth-order valence-electron chi connectivity index (χ4n) is 5.55. The summed E-state index contributed by atoms with van der Waals surface area (Å²) in [6.45, 7) is 9.45. The van der Waals surface area contributed by atoms with Crippen LogP contribution >= 0.6 is 18.6 Å². The fraction of sp³-hybridized carbons (Fsp3) is 0.556. The van der Waals surface area contributed by atoms with Crippen molar-refractivity contribution in [3.05, 3.63) is 48.6 Å². The van der Waals surface area contributed by atoms with Gasteiger partial charge in [0.25, 0.3) is 0 Å². The second kappa shape index (κ2) is 3.75. The van der Waals surface area contributed by atoms with Gasteiger partial charge in [0.05, 0.1) is 0 Å². The molecule has 0 fully saturated rings. The van der Waals surface area contributed by atoms with E-state index in [-0.39, 0.29) is 14.0 Å². The Morgan fingerprint density at radius 2 is 1.13 bits per heavy atom. The van der Waals surface area contributed by atoms with Crippen LogP contribution in [-0.4, -0.2) is 12.2 Å². The molecule has 0 saturated carbocycles. The average Bonchev–Trinajstić information content (AvgIpc) is 3.01. The molecule has 1 N–H and O–H groups in total. The molecule has 0 heterocycles. The van der Waals surface area contributed by atoms with Gasteiger partial charge < -0.3 is 0 Å². The van der Waals surface area contributed by atoms with Crippen LogP contribution in [0.4, 0.5) is 0 Å². The van der Waals surface area contributed by atoms with E-state index in [0.29, 0.717) is 0 Å². The quantitative estimate of drug-likeness (QED) is 0.503. The number of nitrogens with one attached hydrogen (secondary N) is 1. The monoisotopic (exact) mass is 409 g/mol. The molecule has 0 unspecified atom stereocenters. The van der Waals surface area contributed by atoms with Gasteiger partial charge in [0.1, 0.15) is 0 Å². The van der Waals surface area contributed by atoms with E-state index in [0.717, 1.165) is 0 Å². The molecule has 2 rings (SSSR count). The Hall–Kier alpha value is 0.431. The molecule has 0 aromatic heterocycles. The molecule has 0 atom stereocenters. The molecule has 0 radical (unpaired) electrons. The normalized spacial score (nSPS) is 26.3. The third kappa shape index (κ3) is 2.12. The summed E-state index contributed by atoms with van der Waals surface area (Å²) in [5.41, 5.74) is -0.210. The molecule has 0 bridgehead atoms. The van der Waals surface area contributed by atoms with E-state index in [1.54, 1.807) is 0 Å². The van der Waals surface area contributed by atoms with Gasteiger partial charge in [0, 0.05) is 0 Å². The molecule has 23 heavy (non-hydrogen) atoms. The van der Waals surface area contributed by atoms with Crippen LogP contribution in [0.15, 0.2) is 48.6 Å². The number of hydrogen-bond donors (Lipinski definition) is 1. The summed E-state index contributed by atoms with van der Waals surface area (Å²) < 4.78 is 4.00. The molecule has 0 aromatic carbocycles. The maximum absolute atomic E-state index is 8.27. The molecule has 0 aromatic rings. The Labute approximate surface area is 144 Å². The summed E-state index contributed by atoms with van der Waals surface area (Å²) in [7, 11) is 10.7. The van der Waals surface area contributed by atoms with Crippen LogP contribution in [0, 0.1) is 0 Å². The topological polar surface area (TPSA) is 12.0 Å². The third-order valence-electron chi connectivity index (χ3n) is 7.92. The molecular formula is C18H33Cl2NSiTi. The first-order valence-corrected chi connectivity index (χ1v) is 24.3. The average molecular weight is 410 g/mol. The van der Waals surface area contributed by atoms with E-state index in [9.17, 15) is 0 Å². The SMILES string of the molecule is C[SiH](C)[Ti]([CH3])([CH3])([Cl])([Cl])([NH]C(C)(C)C)([CH]1C=CC=C1)[CH]1C=CC=C1. The zero-order chi connectivity index (χ0) is 17.9. The van der Waals surface area contributed by atoms with Crippen molar-refractivity contribution in [2.45, 2.75) is 58.3 Å². The standard InChI is InChI=1S/2C5H5.C4H10N.C2H7Si.2CH3.2ClH.Ti/c2*1-2-4-5-3-1;1-4(2,3)5;1-3-2;;;;;/h2*1-5H;5H,1-3H3;3H,1-2H3;2*1H3;2*1H;/q;;-1;;;;;;+3/p-2. The Bertz CT molecular complexity index is 658. The second-order valence-corrected chi connectivity index (χ2v) is 68.0. The maximum atomic E-state index is 8.27. The minimum absolute atomic E-state index is 0.00544. The van der Waals surface area contributed by atoms with Crippen LogP contribution in [0.25, 0.3) is 0 Å². The van der Waals surface area contributed by atoms with Crippen molar-refractivity contribution in [2.75, 3.05) is 0 Å². The van der Waals surface area contributed by atoms with Gasteiger partial charge in [-0.25, -0.2) is 0 Å². The molecule has 2 aliphatic rings. The predicted molar refractivity (Wildman–Crippen MR) is 109 cm³/mol. The van der Waals surface area contributed by atoms with E-state index < -0.39 is 15.5 Å². The van der Waals surface area contributed by atoms with Gasteiger partial charge >= 0.3 is 145 Å². The van der Waals surface area contributed by atoms with Crippen LogP contribution in [0.5, 0.6) is 0 Å². The van der Waals surface area contributed by atoms with Gasteiger partial charge in [-0.2, -0.15) is 0 Å². The molecular weight excluding hydrogens is 377 g/mol. The van der Waals surface area contributed by atoms with Gasteiger partial charge in [-0.15, -0.1) is 0 Å². The number of hydrogen-bond acceptors (Lipinski definition) is 1. The second-order valence-electron chi connectivity index (χ2n) is 11.5. The Morgan fingerprint density at radius 1 is 0.826 bits per heavy atom. The van der Waals surface area contributed by atoms with Crippen LogP contribution in [0.3, 0.4) is 0 Å². The van der Waals surface area contributed by atoms with Crippen LogP contribution in [0.1, 0.15) is 20.8 Å². The molecule has 0 aliphatic heterocycles. The first-order valence-electron chi connectivity index (χ1n) is 8.73. The summed E-state index contributed by atoms with van der Waals surface area (Å²) in [4.78, 5) is 0. The molecule has 0 amide bonds. The van der Waals surface area contributed by atoms with E-state index in [1.165, 1.54) is 0 Å². The number of allylic oxidation sites excluding steroid dienone is 8. The van der Waals surface area contributed by atoms with Crippen molar-refractivity contribution < 1.29 is 8.85 Å². The third-order valence-corrected chi connectivity index (χ3v) is 69.7. The van der Waals surface area contributed by atoms with E-state index in [4.69, 9.17) is 18.6 Å². The summed E-state index contributed by atoms with van der Waals surface area (Å²) >= 11 is 0. The van der Waals surface area contributed by atoms with Crippen molar-refractivity contribution in [3.63, 3.8) is 0 Å². The summed E-state index contributed by atoms with van der Waals surface area (Å²) in [5.74, 6) is 0. The fourth-order valence-corrected chi connectivity index (χ4v) is 36.8. The van der Waals surface area contributed by atoms with Gasteiger partial charge in [-0.1, -0.05) is 0 Å². The molecule has 0 spiro atoms. The van der Waals surface area contributed by atoms with E-state index in [2.05, 4.69) is 96.7 Å². The van der Waals surface area contributed by atoms with Gasteiger partial charge in [-0.3, -0.25) is 0 Å². The summed E-state index contributed by atoms with van der Waals surface area (Å²) in [6.07, 6.45) is 17.2. The molecule has 0 saturated heterocycles. The summed E-state index contributed by atoms with van der Waals surface area (Å²) in [5, 5.41) is 4.49. The predicted octanol–water partition coefficient (Wildman–Crippen LogP) is 6.80. The zero-order valence-corrected chi connectivity index (χ0v) is 19.8. The van der Waals surface area contributed by atoms with Crippen LogP contribution in [-0.2, 0) is 8.85 Å². The van der Waals surface area contributed by atoms with Crippen molar-refractivity contribution in [1.29, 1.82) is 0 Å². The first-order chi connectivity index (χ1) is 9.92. The van der Waals surface area contributed by atoms with Crippen molar-refractivity contribution >= 4 is 25.3 Å². The minimum atomic E-state index is -5.84. The van der Waals surface area contributed by atoms with Gasteiger partial charge in [-0.05, 0) is 0 Å². The molecule has 1 nitrogen and oxygen atoms in total. The van der Waals surface area contributed by atoms with E-state index >= 15 is 0 Å². The van der Waals surface area contributed by atoms with E-state index in [1.807, 2.05) is 0 Å². The van der Waals surface area contributed by atoms with Crippen molar-refractivity contribution in [2.24, 2.45) is 0 Å². The van der Waals surface area contributed by atoms with Gasteiger partial charge in [0.15, 0.2) is 0 Å². The van der Waals surface area contributed by atoms with Crippen molar-refractivity contribution in [1.82, 2.24) is 3.80 Å². The number of rotatable bonds is 4. The molecule has 132 valence electrons. The Balaban J connectivity index is 3.11. The van der Waals surface area contributed by atoms with Crippen LogP contribution in [0.2, 0.25) is 32.0 Å². The first kappa shape index (κ1) is 19.8. The molecule has 5 heteroatoms. The van der Waals surface area contributed by atoms with Crippen molar-refractivity contribution in [3.8, 4) is 0 Å². The van der Waals surface area contributed by atoms with Crippen LogP contribution < -0.4 is 3.80 Å². The zero-order valence-electron chi connectivity index (χ0n) is 15.6. The number of halogens is 2. The van der Waals surface area contributed by atoms with Gasteiger partial charge in [0.2, 0.25) is 0 Å².